The highest BCUT2D eigenvalue weighted by Crippen LogP contribution is 2.33. The summed E-state index contributed by atoms with van der Waals surface area (Å²) in [7, 11) is 0. The molecule has 98 valence electrons. The Morgan fingerprint density at radius 1 is 1.35 bits per heavy atom. The third-order valence-corrected chi connectivity index (χ3v) is 5.30. The van der Waals surface area contributed by atoms with Crippen molar-refractivity contribution in [2.24, 2.45) is 5.92 Å². The van der Waals surface area contributed by atoms with E-state index in [1.54, 1.807) is 11.3 Å². The van der Waals surface area contributed by atoms with Gasteiger partial charge in [0.1, 0.15) is 0 Å². The maximum Gasteiger partial charge on any atom is 0.0887 e. The molecule has 4 heteroatoms. The van der Waals surface area contributed by atoms with Crippen molar-refractivity contribution in [1.82, 2.24) is 5.32 Å². The van der Waals surface area contributed by atoms with Crippen LogP contribution in [0.25, 0.3) is 0 Å². The van der Waals surface area contributed by atoms with Gasteiger partial charge in [0.15, 0.2) is 0 Å². The van der Waals surface area contributed by atoms with E-state index in [0.29, 0.717) is 6.04 Å². The molecular formula is C13H21BrClNS. The number of nitrogens with one attached hydrogen (secondary N) is 1. The predicted molar refractivity (Wildman–Crippen MR) is 82.3 cm³/mol. The van der Waals surface area contributed by atoms with E-state index in [-0.39, 0.29) is 0 Å². The molecule has 0 aliphatic heterocycles. The largest absolute Gasteiger partial charge is 0.315 e. The number of hydrogen-bond donors (Lipinski definition) is 1. The van der Waals surface area contributed by atoms with Gasteiger partial charge in [-0.05, 0) is 53.7 Å². The normalized spacial score (nSPS) is 13.3. The molecule has 0 fully saturated rings. The van der Waals surface area contributed by atoms with Gasteiger partial charge in [-0.2, -0.15) is 0 Å². The lowest BCUT2D eigenvalue weighted by molar-refractivity contribution is 0.455. The zero-order valence-electron chi connectivity index (χ0n) is 10.7. The quantitative estimate of drug-likeness (QED) is 0.727. The van der Waals surface area contributed by atoms with E-state index in [9.17, 15) is 0 Å². The fraction of sp³-hybridized carbons (Fsp3) is 0.692. The first-order chi connectivity index (χ1) is 7.99. The third-order valence-electron chi connectivity index (χ3n) is 2.77. The molecule has 0 aliphatic carbocycles. The van der Waals surface area contributed by atoms with Gasteiger partial charge in [0.05, 0.1) is 8.81 Å². The van der Waals surface area contributed by atoms with Crippen LogP contribution in [0.2, 0.25) is 5.02 Å². The van der Waals surface area contributed by atoms with Crippen LogP contribution in [-0.2, 0) is 6.42 Å². The van der Waals surface area contributed by atoms with Gasteiger partial charge < -0.3 is 5.32 Å². The number of thiophene rings is 1. The molecule has 1 nitrogen and oxygen atoms in total. The third kappa shape index (κ3) is 6.23. The molecule has 0 aliphatic rings. The summed E-state index contributed by atoms with van der Waals surface area (Å²) in [5.74, 6) is 0.765. The minimum atomic E-state index is 0.592. The van der Waals surface area contributed by atoms with Crippen LogP contribution >= 0.6 is 38.9 Å². The minimum absolute atomic E-state index is 0.592. The first-order valence-corrected chi connectivity index (χ1v) is 8.15. The van der Waals surface area contributed by atoms with E-state index in [1.165, 1.54) is 17.7 Å². The van der Waals surface area contributed by atoms with Crippen molar-refractivity contribution < 1.29 is 0 Å². The summed E-state index contributed by atoms with van der Waals surface area (Å²) >= 11 is 11.2. The Bertz CT molecular complexity index is 319. The molecule has 1 aromatic rings. The van der Waals surface area contributed by atoms with Crippen LogP contribution in [0.15, 0.2) is 9.85 Å². The fourth-order valence-corrected chi connectivity index (χ4v) is 3.50. The predicted octanol–water partition coefficient (Wildman–Crippen LogP) is 5.12. The van der Waals surface area contributed by atoms with E-state index < -0.39 is 0 Å². The van der Waals surface area contributed by atoms with Crippen molar-refractivity contribution in [3.05, 3.63) is 19.8 Å². The lowest BCUT2D eigenvalue weighted by atomic mass is 10.0. The van der Waals surface area contributed by atoms with Crippen LogP contribution in [0.1, 0.15) is 38.5 Å². The standard InChI is InChI=1S/C13H21BrClNS/c1-9(2)16-7-6-10(3)4-5-11-8-12(15)13(14)17-11/h8-10,16H,4-7H2,1-3H3. The molecule has 1 atom stereocenters. The van der Waals surface area contributed by atoms with Gasteiger partial charge >= 0.3 is 0 Å². The molecule has 1 rings (SSSR count). The summed E-state index contributed by atoms with van der Waals surface area (Å²) in [5, 5.41) is 4.31. The topological polar surface area (TPSA) is 12.0 Å². The van der Waals surface area contributed by atoms with E-state index in [4.69, 9.17) is 11.6 Å². The van der Waals surface area contributed by atoms with Crippen molar-refractivity contribution in [3.8, 4) is 0 Å². The number of aryl methyl sites for hydroxylation is 1. The Hall–Kier alpha value is 0.430. The van der Waals surface area contributed by atoms with Crippen molar-refractivity contribution in [3.63, 3.8) is 0 Å². The molecule has 1 N–H and O–H groups in total. The van der Waals surface area contributed by atoms with Gasteiger partial charge in [-0.3, -0.25) is 0 Å². The monoisotopic (exact) mass is 337 g/mol. The Kier molecular flexibility index (Phi) is 7.08. The van der Waals surface area contributed by atoms with Crippen molar-refractivity contribution in [2.75, 3.05) is 6.54 Å². The fourth-order valence-electron chi connectivity index (χ4n) is 1.67. The lowest BCUT2D eigenvalue weighted by Gasteiger charge is -2.13. The molecule has 0 amide bonds. The van der Waals surface area contributed by atoms with Crippen LogP contribution in [0, 0.1) is 5.92 Å². The smallest absolute Gasteiger partial charge is 0.0887 e. The second-order valence-electron chi connectivity index (χ2n) is 4.88. The maximum absolute atomic E-state index is 6.02. The first-order valence-electron chi connectivity index (χ1n) is 6.16. The molecule has 1 aromatic heterocycles. The molecule has 17 heavy (non-hydrogen) atoms. The maximum atomic E-state index is 6.02. The van der Waals surface area contributed by atoms with E-state index >= 15 is 0 Å². The summed E-state index contributed by atoms with van der Waals surface area (Å²) in [6.07, 6.45) is 3.63. The Morgan fingerprint density at radius 2 is 2.06 bits per heavy atom. The van der Waals surface area contributed by atoms with Crippen molar-refractivity contribution in [2.45, 2.75) is 46.1 Å². The SMILES string of the molecule is CC(CCNC(C)C)CCc1cc(Cl)c(Br)s1. The average molecular weight is 339 g/mol. The van der Waals surface area contributed by atoms with E-state index in [2.05, 4.69) is 48.1 Å². The summed E-state index contributed by atoms with van der Waals surface area (Å²) in [6.45, 7) is 7.83. The second kappa shape index (κ2) is 7.78. The van der Waals surface area contributed by atoms with Crippen molar-refractivity contribution >= 4 is 38.9 Å². The highest BCUT2D eigenvalue weighted by atomic mass is 79.9. The van der Waals surface area contributed by atoms with Gasteiger partial charge in [-0.25, -0.2) is 0 Å². The minimum Gasteiger partial charge on any atom is -0.315 e. The summed E-state index contributed by atoms with van der Waals surface area (Å²) in [6, 6.07) is 2.67. The van der Waals surface area contributed by atoms with Gasteiger partial charge in [0, 0.05) is 10.9 Å². The highest BCUT2D eigenvalue weighted by Gasteiger charge is 2.07. The van der Waals surface area contributed by atoms with E-state index in [0.717, 1.165) is 27.7 Å². The Balaban J connectivity index is 2.21. The van der Waals surface area contributed by atoms with E-state index in [1.807, 2.05) is 0 Å². The highest BCUT2D eigenvalue weighted by molar-refractivity contribution is 9.11. The zero-order valence-corrected chi connectivity index (χ0v) is 13.9. The van der Waals surface area contributed by atoms with Crippen LogP contribution in [-0.4, -0.2) is 12.6 Å². The molecule has 1 unspecified atom stereocenters. The summed E-state index contributed by atoms with van der Waals surface area (Å²) < 4.78 is 1.06. The summed E-state index contributed by atoms with van der Waals surface area (Å²) in [4.78, 5) is 1.38. The van der Waals surface area contributed by atoms with Crippen LogP contribution in [0.4, 0.5) is 0 Å². The Labute approximate surface area is 122 Å². The molecule has 0 spiro atoms. The molecular weight excluding hydrogens is 318 g/mol. The number of hydrogen-bond acceptors (Lipinski definition) is 2. The first kappa shape index (κ1) is 15.5. The molecule has 0 saturated carbocycles. The zero-order chi connectivity index (χ0) is 12.8. The number of halogens is 2. The van der Waals surface area contributed by atoms with Crippen LogP contribution < -0.4 is 5.32 Å². The molecule has 0 aromatic carbocycles. The summed E-state index contributed by atoms with van der Waals surface area (Å²) in [5.41, 5.74) is 0. The molecule has 1 heterocycles. The lowest BCUT2D eigenvalue weighted by Crippen LogP contribution is -2.24. The van der Waals surface area contributed by atoms with Gasteiger partial charge in [-0.1, -0.05) is 32.4 Å². The van der Waals surface area contributed by atoms with Gasteiger partial charge in [0.25, 0.3) is 0 Å². The molecule has 0 bridgehead atoms. The number of rotatable bonds is 7. The average Bonchev–Trinajstić information content (AvgIpc) is 2.55. The molecule has 0 saturated heterocycles. The van der Waals surface area contributed by atoms with Gasteiger partial charge in [0.2, 0.25) is 0 Å². The second-order valence-corrected chi connectivity index (χ2v) is 7.74. The van der Waals surface area contributed by atoms with Crippen LogP contribution in [0.5, 0.6) is 0 Å². The molecule has 0 radical (unpaired) electrons. The van der Waals surface area contributed by atoms with Gasteiger partial charge in [-0.15, -0.1) is 11.3 Å². The van der Waals surface area contributed by atoms with Crippen molar-refractivity contribution in [1.29, 1.82) is 0 Å². The van der Waals surface area contributed by atoms with Crippen LogP contribution in [0.3, 0.4) is 0 Å². The Morgan fingerprint density at radius 3 is 2.59 bits per heavy atom.